The summed E-state index contributed by atoms with van der Waals surface area (Å²) in [6.45, 7) is 3.79. The lowest BCUT2D eigenvalue weighted by Crippen LogP contribution is -2.44. The molecule has 0 radical (unpaired) electrons. The summed E-state index contributed by atoms with van der Waals surface area (Å²) in [7, 11) is 0. The first-order valence-corrected chi connectivity index (χ1v) is 7.15. The fourth-order valence-corrected chi connectivity index (χ4v) is 3.55. The molecular weight excluding hydrogens is 238 g/mol. The highest BCUT2D eigenvalue weighted by atomic mass is 16.2. The van der Waals surface area contributed by atoms with Crippen LogP contribution in [0.1, 0.15) is 31.2 Å². The molecule has 0 unspecified atom stereocenters. The molecule has 0 bridgehead atoms. The lowest BCUT2D eigenvalue weighted by Gasteiger charge is -2.37. The second-order valence-corrected chi connectivity index (χ2v) is 5.87. The fraction of sp³-hybridized carbons (Fsp3) is 0.600. The van der Waals surface area contributed by atoms with Crippen LogP contribution in [-0.4, -0.2) is 24.0 Å². The lowest BCUT2D eigenvalue weighted by atomic mass is 9.67. The van der Waals surface area contributed by atoms with Gasteiger partial charge in [-0.05, 0) is 43.9 Å². The molecule has 0 aromatic carbocycles. The van der Waals surface area contributed by atoms with Crippen molar-refractivity contribution in [2.24, 2.45) is 11.3 Å². The molecule has 1 amide bonds. The van der Waals surface area contributed by atoms with Crippen LogP contribution >= 0.6 is 0 Å². The zero-order valence-electron chi connectivity index (χ0n) is 11.4. The van der Waals surface area contributed by atoms with Crippen molar-refractivity contribution in [3.63, 3.8) is 0 Å². The van der Waals surface area contributed by atoms with Crippen molar-refractivity contribution in [3.05, 3.63) is 24.0 Å². The normalized spacial score (nSPS) is 29.8. The highest BCUT2D eigenvalue weighted by Crippen LogP contribution is 2.44. The number of fused-ring (bicyclic) bond motifs is 1. The quantitative estimate of drug-likeness (QED) is 0.855. The number of hydrogen-bond donors (Lipinski definition) is 2. The molecule has 3 rings (SSSR count). The van der Waals surface area contributed by atoms with Crippen molar-refractivity contribution in [3.8, 4) is 0 Å². The number of anilines is 1. The first-order chi connectivity index (χ1) is 9.22. The van der Waals surface area contributed by atoms with Crippen LogP contribution < -0.4 is 10.6 Å². The summed E-state index contributed by atoms with van der Waals surface area (Å²) in [5.74, 6) is 0.694. The highest BCUT2D eigenvalue weighted by Gasteiger charge is 2.49. The second-order valence-electron chi connectivity index (χ2n) is 5.87. The number of aromatic nitrogens is 1. The Labute approximate surface area is 114 Å². The summed E-state index contributed by atoms with van der Waals surface area (Å²) in [6, 6.07) is 1.88. The zero-order chi connectivity index (χ0) is 13.3. The number of pyridine rings is 1. The molecule has 1 aromatic rings. The molecule has 2 heterocycles. The molecule has 102 valence electrons. The Morgan fingerprint density at radius 2 is 2.42 bits per heavy atom. The molecule has 1 saturated heterocycles. The van der Waals surface area contributed by atoms with Crippen LogP contribution in [0.4, 0.5) is 5.69 Å². The maximum Gasteiger partial charge on any atom is 0.232 e. The Morgan fingerprint density at radius 1 is 1.53 bits per heavy atom. The third-order valence-corrected chi connectivity index (χ3v) is 4.76. The van der Waals surface area contributed by atoms with Gasteiger partial charge in [-0.2, -0.15) is 0 Å². The highest BCUT2D eigenvalue weighted by molar-refractivity contribution is 5.96. The lowest BCUT2D eigenvalue weighted by molar-refractivity contribution is -0.128. The molecule has 1 aliphatic carbocycles. The van der Waals surface area contributed by atoms with Crippen LogP contribution in [0, 0.1) is 18.3 Å². The minimum Gasteiger partial charge on any atom is -0.325 e. The number of rotatable bonds is 2. The third kappa shape index (κ3) is 2.14. The molecule has 1 saturated carbocycles. The summed E-state index contributed by atoms with van der Waals surface area (Å²) >= 11 is 0. The van der Waals surface area contributed by atoms with Crippen LogP contribution in [-0.2, 0) is 4.79 Å². The maximum atomic E-state index is 12.8. The molecule has 2 atom stereocenters. The molecule has 1 aromatic heterocycles. The van der Waals surface area contributed by atoms with Crippen LogP contribution in [0.15, 0.2) is 18.5 Å². The van der Waals surface area contributed by atoms with Gasteiger partial charge >= 0.3 is 0 Å². The van der Waals surface area contributed by atoms with Crippen molar-refractivity contribution in [1.82, 2.24) is 10.3 Å². The monoisotopic (exact) mass is 259 g/mol. The van der Waals surface area contributed by atoms with Crippen molar-refractivity contribution >= 4 is 11.6 Å². The van der Waals surface area contributed by atoms with Gasteiger partial charge in [0, 0.05) is 24.6 Å². The van der Waals surface area contributed by atoms with E-state index in [2.05, 4.69) is 15.6 Å². The number of carbonyl (C=O) groups is 1. The Morgan fingerprint density at radius 3 is 3.26 bits per heavy atom. The van der Waals surface area contributed by atoms with Gasteiger partial charge in [0.25, 0.3) is 0 Å². The van der Waals surface area contributed by atoms with Gasteiger partial charge < -0.3 is 10.6 Å². The first kappa shape index (κ1) is 12.6. The van der Waals surface area contributed by atoms with Crippen molar-refractivity contribution in [1.29, 1.82) is 0 Å². The zero-order valence-corrected chi connectivity index (χ0v) is 11.4. The van der Waals surface area contributed by atoms with Crippen LogP contribution in [0.5, 0.6) is 0 Å². The molecule has 0 spiro atoms. The van der Waals surface area contributed by atoms with E-state index >= 15 is 0 Å². The molecule has 2 aliphatic rings. The topological polar surface area (TPSA) is 54.0 Å². The van der Waals surface area contributed by atoms with E-state index in [9.17, 15) is 4.79 Å². The summed E-state index contributed by atoms with van der Waals surface area (Å²) in [5, 5.41) is 6.54. The minimum absolute atomic E-state index is 0.187. The molecule has 2 fully saturated rings. The predicted molar refractivity (Wildman–Crippen MR) is 74.9 cm³/mol. The number of aryl methyl sites for hydroxylation is 1. The van der Waals surface area contributed by atoms with E-state index in [1.165, 1.54) is 19.3 Å². The fourth-order valence-electron chi connectivity index (χ4n) is 3.55. The van der Waals surface area contributed by atoms with Gasteiger partial charge in [0.2, 0.25) is 5.91 Å². The number of hydrogen-bond acceptors (Lipinski definition) is 3. The van der Waals surface area contributed by atoms with E-state index in [0.717, 1.165) is 30.8 Å². The summed E-state index contributed by atoms with van der Waals surface area (Å²) in [4.78, 5) is 16.8. The van der Waals surface area contributed by atoms with E-state index in [4.69, 9.17) is 0 Å². The third-order valence-electron chi connectivity index (χ3n) is 4.76. The molecule has 1 aliphatic heterocycles. The Kier molecular flexibility index (Phi) is 3.27. The van der Waals surface area contributed by atoms with Gasteiger partial charge in [-0.25, -0.2) is 0 Å². The van der Waals surface area contributed by atoms with Crippen LogP contribution in [0.25, 0.3) is 0 Å². The summed E-state index contributed by atoms with van der Waals surface area (Å²) < 4.78 is 0. The van der Waals surface area contributed by atoms with Gasteiger partial charge in [0.1, 0.15) is 0 Å². The van der Waals surface area contributed by atoms with E-state index in [1.807, 2.05) is 13.0 Å². The second kappa shape index (κ2) is 4.93. The van der Waals surface area contributed by atoms with Gasteiger partial charge in [0.15, 0.2) is 0 Å². The SMILES string of the molecule is Cc1cnccc1NC(=O)[C@@]12CCCC[C@H]1CNC2. The number of nitrogens with zero attached hydrogens (tertiary/aromatic N) is 1. The van der Waals surface area contributed by atoms with Gasteiger partial charge in [0.05, 0.1) is 5.41 Å². The number of carbonyl (C=O) groups excluding carboxylic acids is 1. The van der Waals surface area contributed by atoms with Gasteiger partial charge in [-0.3, -0.25) is 9.78 Å². The standard InChI is InChI=1S/C15H21N3O/c1-11-8-16-7-5-13(11)18-14(19)15-6-3-2-4-12(15)9-17-10-15/h5,7-8,12,17H,2-4,6,9-10H2,1H3,(H,16,18,19)/t12-,15+/m0/s1. The molecule has 2 N–H and O–H groups in total. The summed E-state index contributed by atoms with van der Waals surface area (Å²) in [5.41, 5.74) is 1.73. The van der Waals surface area contributed by atoms with Crippen LogP contribution in [0.3, 0.4) is 0 Å². The van der Waals surface area contributed by atoms with Crippen molar-refractivity contribution in [2.45, 2.75) is 32.6 Å². The van der Waals surface area contributed by atoms with Crippen molar-refractivity contribution in [2.75, 3.05) is 18.4 Å². The van der Waals surface area contributed by atoms with Gasteiger partial charge in [-0.15, -0.1) is 0 Å². The Balaban J connectivity index is 1.81. The van der Waals surface area contributed by atoms with E-state index in [0.29, 0.717) is 5.92 Å². The predicted octanol–water partition coefficient (Wildman–Crippen LogP) is 2.11. The first-order valence-electron chi connectivity index (χ1n) is 7.15. The minimum atomic E-state index is -0.187. The Hall–Kier alpha value is -1.42. The van der Waals surface area contributed by atoms with E-state index in [-0.39, 0.29) is 11.3 Å². The molecule has 4 nitrogen and oxygen atoms in total. The van der Waals surface area contributed by atoms with Crippen LogP contribution in [0.2, 0.25) is 0 Å². The molecule has 4 heteroatoms. The van der Waals surface area contributed by atoms with E-state index < -0.39 is 0 Å². The average Bonchev–Trinajstić information content (AvgIpc) is 2.86. The smallest absolute Gasteiger partial charge is 0.232 e. The maximum absolute atomic E-state index is 12.8. The average molecular weight is 259 g/mol. The molecule has 19 heavy (non-hydrogen) atoms. The number of amides is 1. The Bertz CT molecular complexity index is 488. The van der Waals surface area contributed by atoms with Crippen molar-refractivity contribution < 1.29 is 4.79 Å². The largest absolute Gasteiger partial charge is 0.325 e. The molecular formula is C15H21N3O. The summed E-state index contributed by atoms with van der Waals surface area (Å²) in [6.07, 6.45) is 8.14. The van der Waals surface area contributed by atoms with Gasteiger partial charge in [-0.1, -0.05) is 12.8 Å². The number of nitrogens with one attached hydrogen (secondary N) is 2. The van der Waals surface area contributed by atoms with E-state index in [1.54, 1.807) is 12.4 Å².